The maximum absolute atomic E-state index is 10.6. The molecule has 0 unspecified atom stereocenters. The smallest absolute Gasteiger partial charge is 0.355 e. The topological polar surface area (TPSA) is 76.2 Å². The highest BCUT2D eigenvalue weighted by Gasteiger charge is 2.07. The van der Waals surface area contributed by atoms with E-state index in [0.717, 1.165) is 0 Å². The number of rotatable bonds is 1. The van der Waals surface area contributed by atoms with Gasteiger partial charge in [0.15, 0.2) is 5.69 Å². The van der Waals surface area contributed by atoms with E-state index in [1.807, 2.05) is 0 Å². The fraction of sp³-hybridized carbons (Fsp3) is 0.111. The lowest BCUT2D eigenvalue weighted by molar-refractivity contribution is 0.0690. The SMILES string of the molecule is NCC#Cc1cccnc1C(=O)O. The molecule has 0 amide bonds. The van der Waals surface area contributed by atoms with E-state index in [1.54, 1.807) is 12.1 Å². The van der Waals surface area contributed by atoms with Gasteiger partial charge in [-0.1, -0.05) is 11.8 Å². The lowest BCUT2D eigenvalue weighted by Crippen LogP contribution is -2.03. The molecule has 0 spiro atoms. The Kier molecular flexibility index (Phi) is 3.01. The van der Waals surface area contributed by atoms with E-state index in [2.05, 4.69) is 16.8 Å². The zero-order valence-electron chi connectivity index (χ0n) is 6.82. The van der Waals surface area contributed by atoms with Gasteiger partial charge in [0.2, 0.25) is 0 Å². The van der Waals surface area contributed by atoms with Crippen LogP contribution >= 0.6 is 0 Å². The Labute approximate surface area is 75.4 Å². The van der Waals surface area contributed by atoms with Crippen LogP contribution in [0, 0.1) is 11.8 Å². The first-order valence-corrected chi connectivity index (χ1v) is 3.63. The average molecular weight is 176 g/mol. The average Bonchev–Trinajstić information content (AvgIpc) is 2.15. The summed E-state index contributed by atoms with van der Waals surface area (Å²) in [6.45, 7) is 0.202. The molecule has 0 fully saturated rings. The molecule has 0 saturated heterocycles. The number of carboxylic acids is 1. The predicted molar refractivity (Wildman–Crippen MR) is 47.1 cm³/mol. The molecule has 1 aromatic rings. The number of carbonyl (C=O) groups is 1. The number of pyridine rings is 1. The van der Waals surface area contributed by atoms with Crippen LogP contribution in [0.2, 0.25) is 0 Å². The molecule has 0 saturated carbocycles. The number of nitrogens with two attached hydrogens (primary N) is 1. The second-order valence-electron chi connectivity index (χ2n) is 2.21. The molecular weight excluding hydrogens is 168 g/mol. The number of nitrogens with zero attached hydrogens (tertiary/aromatic N) is 1. The van der Waals surface area contributed by atoms with E-state index in [1.165, 1.54) is 6.20 Å². The summed E-state index contributed by atoms with van der Waals surface area (Å²) in [6, 6.07) is 3.23. The van der Waals surface area contributed by atoms with Crippen LogP contribution in [-0.4, -0.2) is 22.6 Å². The van der Waals surface area contributed by atoms with Crippen LogP contribution < -0.4 is 5.73 Å². The standard InChI is InChI=1S/C9H8N2O2/c10-5-1-3-7-4-2-6-11-8(7)9(12)13/h2,4,6H,5,10H2,(H,12,13). The molecule has 3 N–H and O–H groups in total. The van der Waals surface area contributed by atoms with E-state index >= 15 is 0 Å². The molecule has 0 atom stereocenters. The van der Waals surface area contributed by atoms with Gasteiger partial charge in [-0.15, -0.1) is 0 Å². The van der Waals surface area contributed by atoms with Crippen LogP contribution in [0.25, 0.3) is 0 Å². The number of hydrogen-bond acceptors (Lipinski definition) is 3. The van der Waals surface area contributed by atoms with Crippen LogP contribution in [0.1, 0.15) is 16.1 Å². The van der Waals surface area contributed by atoms with Crippen molar-refractivity contribution in [3.05, 3.63) is 29.6 Å². The fourth-order valence-electron chi connectivity index (χ4n) is 0.823. The van der Waals surface area contributed by atoms with Gasteiger partial charge in [-0.3, -0.25) is 0 Å². The van der Waals surface area contributed by atoms with Crippen LogP contribution in [-0.2, 0) is 0 Å². The summed E-state index contributed by atoms with van der Waals surface area (Å²) in [5.74, 6) is 4.13. The van der Waals surface area contributed by atoms with Crippen LogP contribution in [0.4, 0.5) is 0 Å². The van der Waals surface area contributed by atoms with Crippen molar-refractivity contribution in [1.82, 2.24) is 4.98 Å². The second kappa shape index (κ2) is 4.24. The summed E-state index contributed by atoms with van der Waals surface area (Å²) in [4.78, 5) is 14.3. The van der Waals surface area contributed by atoms with Crippen molar-refractivity contribution < 1.29 is 9.90 Å². The molecule has 0 bridgehead atoms. The molecule has 4 nitrogen and oxygen atoms in total. The predicted octanol–water partition coefficient (Wildman–Crippen LogP) is 0.0900. The molecule has 4 heteroatoms. The summed E-state index contributed by atoms with van der Waals surface area (Å²) in [7, 11) is 0. The van der Waals surface area contributed by atoms with Crippen molar-refractivity contribution in [3.8, 4) is 11.8 Å². The summed E-state index contributed by atoms with van der Waals surface area (Å²) >= 11 is 0. The molecule has 66 valence electrons. The Morgan fingerprint density at radius 3 is 3.08 bits per heavy atom. The molecular formula is C9H8N2O2. The van der Waals surface area contributed by atoms with Gasteiger partial charge in [0.1, 0.15) is 0 Å². The Hall–Kier alpha value is -1.86. The van der Waals surface area contributed by atoms with Crippen LogP contribution in [0.5, 0.6) is 0 Å². The van der Waals surface area contributed by atoms with E-state index in [9.17, 15) is 4.79 Å². The van der Waals surface area contributed by atoms with Crippen molar-refractivity contribution in [2.45, 2.75) is 0 Å². The number of carboxylic acid groups (broad SMARTS) is 1. The highest BCUT2D eigenvalue weighted by molar-refractivity contribution is 5.88. The molecule has 0 radical (unpaired) electrons. The first kappa shape index (κ1) is 9.23. The Morgan fingerprint density at radius 1 is 1.69 bits per heavy atom. The van der Waals surface area contributed by atoms with Crippen molar-refractivity contribution in [3.63, 3.8) is 0 Å². The third kappa shape index (κ3) is 2.29. The van der Waals surface area contributed by atoms with Gasteiger partial charge in [-0.25, -0.2) is 9.78 Å². The van der Waals surface area contributed by atoms with E-state index in [4.69, 9.17) is 10.8 Å². The lowest BCUT2D eigenvalue weighted by Gasteiger charge is -1.95. The number of aromatic nitrogens is 1. The number of hydrogen-bond donors (Lipinski definition) is 2. The molecule has 0 aliphatic rings. The maximum Gasteiger partial charge on any atom is 0.355 e. The van der Waals surface area contributed by atoms with E-state index in [0.29, 0.717) is 5.56 Å². The normalized spacial score (nSPS) is 8.69. The third-order valence-corrected chi connectivity index (χ3v) is 1.34. The Balaban J connectivity index is 3.12. The van der Waals surface area contributed by atoms with Crippen molar-refractivity contribution in [2.75, 3.05) is 6.54 Å². The summed E-state index contributed by atoms with van der Waals surface area (Å²) < 4.78 is 0. The Bertz CT molecular complexity index is 377. The molecule has 1 heterocycles. The quantitative estimate of drug-likeness (QED) is 0.594. The first-order valence-electron chi connectivity index (χ1n) is 3.63. The molecule has 13 heavy (non-hydrogen) atoms. The minimum atomic E-state index is -1.08. The molecule has 0 aromatic carbocycles. The van der Waals surface area contributed by atoms with Gasteiger partial charge in [-0.05, 0) is 12.1 Å². The minimum absolute atomic E-state index is 0.0385. The van der Waals surface area contributed by atoms with Gasteiger partial charge < -0.3 is 10.8 Å². The molecule has 0 aliphatic heterocycles. The molecule has 0 aliphatic carbocycles. The third-order valence-electron chi connectivity index (χ3n) is 1.34. The zero-order valence-corrected chi connectivity index (χ0v) is 6.82. The van der Waals surface area contributed by atoms with Gasteiger partial charge in [-0.2, -0.15) is 0 Å². The summed E-state index contributed by atoms with van der Waals surface area (Å²) in [5.41, 5.74) is 5.51. The van der Waals surface area contributed by atoms with Crippen molar-refractivity contribution in [1.29, 1.82) is 0 Å². The molecule has 1 aromatic heterocycles. The minimum Gasteiger partial charge on any atom is -0.476 e. The zero-order chi connectivity index (χ0) is 9.68. The largest absolute Gasteiger partial charge is 0.476 e. The second-order valence-corrected chi connectivity index (χ2v) is 2.21. The van der Waals surface area contributed by atoms with Gasteiger partial charge >= 0.3 is 5.97 Å². The van der Waals surface area contributed by atoms with Gasteiger partial charge in [0.05, 0.1) is 12.1 Å². The van der Waals surface area contributed by atoms with Crippen molar-refractivity contribution >= 4 is 5.97 Å². The molecule has 1 rings (SSSR count). The highest BCUT2D eigenvalue weighted by Crippen LogP contribution is 2.02. The van der Waals surface area contributed by atoms with Crippen LogP contribution in [0.3, 0.4) is 0 Å². The maximum atomic E-state index is 10.6. The number of aromatic carboxylic acids is 1. The lowest BCUT2D eigenvalue weighted by atomic mass is 10.2. The van der Waals surface area contributed by atoms with E-state index < -0.39 is 5.97 Å². The van der Waals surface area contributed by atoms with E-state index in [-0.39, 0.29) is 12.2 Å². The van der Waals surface area contributed by atoms with Gasteiger partial charge in [0.25, 0.3) is 0 Å². The first-order chi connectivity index (χ1) is 6.25. The Morgan fingerprint density at radius 2 is 2.46 bits per heavy atom. The summed E-state index contributed by atoms with van der Waals surface area (Å²) in [6.07, 6.45) is 1.41. The van der Waals surface area contributed by atoms with Crippen LogP contribution in [0.15, 0.2) is 18.3 Å². The van der Waals surface area contributed by atoms with Gasteiger partial charge in [0, 0.05) is 6.20 Å². The summed E-state index contributed by atoms with van der Waals surface area (Å²) in [5, 5.41) is 8.70. The highest BCUT2D eigenvalue weighted by atomic mass is 16.4. The van der Waals surface area contributed by atoms with Crippen molar-refractivity contribution in [2.24, 2.45) is 5.73 Å². The fourth-order valence-corrected chi connectivity index (χ4v) is 0.823. The monoisotopic (exact) mass is 176 g/mol.